The summed E-state index contributed by atoms with van der Waals surface area (Å²) in [7, 11) is 0. The van der Waals surface area contributed by atoms with E-state index >= 15 is 0 Å². The van der Waals surface area contributed by atoms with Gasteiger partial charge in [-0.3, -0.25) is 0 Å². The highest BCUT2D eigenvalue weighted by Crippen LogP contribution is 2.29. The summed E-state index contributed by atoms with van der Waals surface area (Å²) in [6, 6.07) is 0. The Bertz CT molecular complexity index is 134. The van der Waals surface area contributed by atoms with E-state index in [-0.39, 0.29) is 5.54 Å². The zero-order valence-corrected chi connectivity index (χ0v) is 11.3. The van der Waals surface area contributed by atoms with Gasteiger partial charge in [0.05, 0.1) is 0 Å². The van der Waals surface area contributed by atoms with E-state index in [1.807, 2.05) is 0 Å². The molecule has 0 rings (SSSR count). The summed E-state index contributed by atoms with van der Waals surface area (Å²) in [4.78, 5) is 0. The Morgan fingerprint density at radius 3 is 1.73 bits per heavy atom. The Morgan fingerprint density at radius 1 is 0.933 bits per heavy atom. The molecule has 0 saturated carbocycles. The van der Waals surface area contributed by atoms with Gasteiger partial charge in [0.1, 0.15) is 0 Å². The predicted molar refractivity (Wildman–Crippen MR) is 70.0 cm³/mol. The van der Waals surface area contributed by atoms with E-state index < -0.39 is 0 Å². The van der Waals surface area contributed by atoms with Crippen molar-refractivity contribution in [3.8, 4) is 0 Å². The molecular formula is C14H31N. The van der Waals surface area contributed by atoms with Crippen molar-refractivity contribution in [1.29, 1.82) is 0 Å². The molecule has 1 heteroatoms. The molecule has 92 valence electrons. The highest BCUT2D eigenvalue weighted by molar-refractivity contribution is 4.88. The van der Waals surface area contributed by atoms with Crippen LogP contribution in [0, 0.1) is 5.92 Å². The van der Waals surface area contributed by atoms with Crippen LogP contribution in [0.25, 0.3) is 0 Å². The predicted octanol–water partition coefficient (Wildman–Crippen LogP) is 4.50. The van der Waals surface area contributed by atoms with Crippen LogP contribution in [0.2, 0.25) is 0 Å². The third kappa shape index (κ3) is 5.55. The second kappa shape index (κ2) is 8.15. The lowest BCUT2D eigenvalue weighted by atomic mass is 9.76. The molecule has 0 amide bonds. The normalized spacial score (nSPS) is 14.2. The Labute approximate surface area is 96.8 Å². The second-order valence-electron chi connectivity index (χ2n) is 5.13. The van der Waals surface area contributed by atoms with Gasteiger partial charge in [0.15, 0.2) is 0 Å². The third-order valence-corrected chi connectivity index (χ3v) is 3.69. The van der Waals surface area contributed by atoms with Crippen LogP contribution in [0.1, 0.15) is 79.1 Å². The first kappa shape index (κ1) is 15.0. The molecule has 0 aromatic rings. The Hall–Kier alpha value is -0.0400. The van der Waals surface area contributed by atoms with E-state index in [1.54, 1.807) is 0 Å². The Balaban J connectivity index is 4.23. The standard InChI is InChI=1S/C14H31N/c1-5-8-11-14(15,12-9-6-2)13(4)10-7-3/h13H,5-12,15H2,1-4H3. The first-order valence-electron chi connectivity index (χ1n) is 6.89. The minimum atomic E-state index is 0.113. The van der Waals surface area contributed by atoms with Gasteiger partial charge in [-0.05, 0) is 25.2 Å². The van der Waals surface area contributed by atoms with Crippen molar-refractivity contribution in [3.63, 3.8) is 0 Å². The molecule has 0 fully saturated rings. The minimum absolute atomic E-state index is 0.113. The van der Waals surface area contributed by atoms with Crippen LogP contribution in [0.3, 0.4) is 0 Å². The maximum Gasteiger partial charge on any atom is 0.0180 e. The molecule has 2 N–H and O–H groups in total. The quantitative estimate of drug-likeness (QED) is 0.599. The zero-order valence-electron chi connectivity index (χ0n) is 11.3. The van der Waals surface area contributed by atoms with Gasteiger partial charge in [0.25, 0.3) is 0 Å². The molecule has 0 aromatic heterocycles. The SMILES string of the molecule is CCCCC(N)(CCCC)C(C)CCC. The molecule has 1 nitrogen and oxygen atoms in total. The van der Waals surface area contributed by atoms with Gasteiger partial charge >= 0.3 is 0 Å². The summed E-state index contributed by atoms with van der Waals surface area (Å²) in [5.41, 5.74) is 6.71. The summed E-state index contributed by atoms with van der Waals surface area (Å²) in [5, 5.41) is 0. The Kier molecular flexibility index (Phi) is 8.13. The molecular weight excluding hydrogens is 182 g/mol. The van der Waals surface area contributed by atoms with Crippen molar-refractivity contribution >= 4 is 0 Å². The Morgan fingerprint density at radius 2 is 1.40 bits per heavy atom. The molecule has 1 unspecified atom stereocenters. The van der Waals surface area contributed by atoms with E-state index in [1.165, 1.54) is 51.4 Å². The lowest BCUT2D eigenvalue weighted by Gasteiger charge is -2.36. The highest BCUT2D eigenvalue weighted by Gasteiger charge is 2.29. The number of hydrogen-bond acceptors (Lipinski definition) is 1. The van der Waals surface area contributed by atoms with Crippen LogP contribution in [-0.4, -0.2) is 5.54 Å². The fourth-order valence-corrected chi connectivity index (χ4v) is 2.35. The summed E-state index contributed by atoms with van der Waals surface area (Å²) in [6.45, 7) is 9.11. The lowest BCUT2D eigenvalue weighted by molar-refractivity contribution is 0.227. The maximum atomic E-state index is 6.60. The second-order valence-corrected chi connectivity index (χ2v) is 5.13. The van der Waals surface area contributed by atoms with Crippen LogP contribution in [-0.2, 0) is 0 Å². The van der Waals surface area contributed by atoms with Gasteiger partial charge < -0.3 is 5.73 Å². The topological polar surface area (TPSA) is 26.0 Å². The first-order chi connectivity index (χ1) is 7.10. The molecule has 0 radical (unpaired) electrons. The van der Waals surface area contributed by atoms with E-state index in [0.29, 0.717) is 5.92 Å². The zero-order chi connectivity index (χ0) is 11.7. The van der Waals surface area contributed by atoms with Crippen molar-refractivity contribution < 1.29 is 0 Å². The molecule has 0 aromatic carbocycles. The van der Waals surface area contributed by atoms with Crippen molar-refractivity contribution in [1.82, 2.24) is 0 Å². The maximum absolute atomic E-state index is 6.60. The van der Waals surface area contributed by atoms with Crippen molar-refractivity contribution in [2.24, 2.45) is 11.7 Å². The monoisotopic (exact) mass is 213 g/mol. The van der Waals surface area contributed by atoms with Crippen molar-refractivity contribution in [3.05, 3.63) is 0 Å². The molecule has 0 aliphatic rings. The van der Waals surface area contributed by atoms with Crippen molar-refractivity contribution in [2.75, 3.05) is 0 Å². The number of nitrogens with two attached hydrogens (primary N) is 1. The van der Waals surface area contributed by atoms with Gasteiger partial charge in [-0.25, -0.2) is 0 Å². The molecule has 0 heterocycles. The largest absolute Gasteiger partial charge is 0.325 e. The average molecular weight is 213 g/mol. The van der Waals surface area contributed by atoms with E-state index in [0.717, 1.165) is 0 Å². The van der Waals surface area contributed by atoms with Crippen molar-refractivity contribution in [2.45, 2.75) is 84.6 Å². The summed E-state index contributed by atoms with van der Waals surface area (Å²) < 4.78 is 0. The fourth-order valence-electron chi connectivity index (χ4n) is 2.35. The van der Waals surface area contributed by atoms with Crippen LogP contribution < -0.4 is 5.73 Å². The first-order valence-corrected chi connectivity index (χ1v) is 6.89. The van der Waals surface area contributed by atoms with Gasteiger partial charge in [0.2, 0.25) is 0 Å². The van der Waals surface area contributed by atoms with Crippen LogP contribution >= 0.6 is 0 Å². The molecule has 0 aliphatic heterocycles. The van der Waals surface area contributed by atoms with E-state index in [9.17, 15) is 0 Å². The number of unbranched alkanes of at least 4 members (excludes halogenated alkanes) is 2. The minimum Gasteiger partial charge on any atom is -0.325 e. The van der Waals surface area contributed by atoms with Gasteiger partial charge in [-0.2, -0.15) is 0 Å². The van der Waals surface area contributed by atoms with Crippen LogP contribution in [0.15, 0.2) is 0 Å². The molecule has 1 atom stereocenters. The van der Waals surface area contributed by atoms with E-state index in [4.69, 9.17) is 5.73 Å². The average Bonchev–Trinajstić information content (AvgIpc) is 2.24. The smallest absolute Gasteiger partial charge is 0.0180 e. The number of hydrogen-bond donors (Lipinski definition) is 1. The molecule has 0 saturated heterocycles. The van der Waals surface area contributed by atoms with Gasteiger partial charge in [-0.15, -0.1) is 0 Å². The molecule has 0 spiro atoms. The molecule has 0 bridgehead atoms. The van der Waals surface area contributed by atoms with Crippen LogP contribution in [0.5, 0.6) is 0 Å². The summed E-state index contributed by atoms with van der Waals surface area (Å²) >= 11 is 0. The van der Waals surface area contributed by atoms with Gasteiger partial charge in [0, 0.05) is 5.54 Å². The fraction of sp³-hybridized carbons (Fsp3) is 1.00. The molecule has 0 aliphatic carbocycles. The number of rotatable bonds is 9. The third-order valence-electron chi connectivity index (χ3n) is 3.69. The summed E-state index contributed by atoms with van der Waals surface area (Å²) in [5.74, 6) is 0.681. The van der Waals surface area contributed by atoms with Gasteiger partial charge in [-0.1, -0.05) is 59.8 Å². The molecule has 15 heavy (non-hydrogen) atoms. The summed E-state index contributed by atoms with van der Waals surface area (Å²) in [6.07, 6.45) is 10.1. The lowest BCUT2D eigenvalue weighted by Crippen LogP contribution is -2.46. The van der Waals surface area contributed by atoms with E-state index in [2.05, 4.69) is 27.7 Å². The highest BCUT2D eigenvalue weighted by atomic mass is 14.8. The van der Waals surface area contributed by atoms with Crippen LogP contribution in [0.4, 0.5) is 0 Å².